The molecule has 1 aromatic rings. The normalized spacial score (nSPS) is 12.9. The molecule has 3 nitrogen and oxygen atoms in total. The fraction of sp³-hybridized carbons (Fsp3) is 0.625. The average molecular weight is 300 g/mol. The first-order valence-corrected chi connectivity index (χ1v) is 7.44. The number of hydrogen-bond acceptors (Lipinski definition) is 3. The fourth-order valence-electron chi connectivity index (χ4n) is 2.34. The first kappa shape index (κ1) is 18.0. The van der Waals surface area contributed by atoms with Gasteiger partial charge in [-0.2, -0.15) is 0 Å². The van der Waals surface area contributed by atoms with E-state index < -0.39 is 11.6 Å². The quantitative estimate of drug-likeness (QED) is 0.672. The Morgan fingerprint density at radius 1 is 1.29 bits per heavy atom. The van der Waals surface area contributed by atoms with Gasteiger partial charge in [0.25, 0.3) is 0 Å². The third-order valence-electron chi connectivity index (χ3n) is 3.50. The molecule has 1 atom stereocenters. The van der Waals surface area contributed by atoms with Gasteiger partial charge in [0.1, 0.15) is 0 Å². The van der Waals surface area contributed by atoms with E-state index in [1.165, 1.54) is 0 Å². The number of nitrogens with one attached hydrogen (secondary N) is 1. The summed E-state index contributed by atoms with van der Waals surface area (Å²) in [6.45, 7) is 5.16. The Morgan fingerprint density at radius 3 is 2.71 bits per heavy atom. The topological polar surface area (TPSA) is 24.5 Å². The smallest absolute Gasteiger partial charge is 0.163 e. The molecule has 0 fully saturated rings. The molecule has 1 rings (SSSR count). The molecule has 0 aliphatic carbocycles. The van der Waals surface area contributed by atoms with E-state index in [4.69, 9.17) is 4.74 Å². The average Bonchev–Trinajstić information content (AvgIpc) is 2.47. The predicted molar refractivity (Wildman–Crippen MR) is 81.4 cm³/mol. The molecule has 0 saturated carbocycles. The summed E-state index contributed by atoms with van der Waals surface area (Å²) in [6, 6.07) is 4.19. The minimum Gasteiger partial charge on any atom is -0.385 e. The van der Waals surface area contributed by atoms with Crippen molar-refractivity contribution in [3.8, 4) is 0 Å². The molecular weight excluding hydrogens is 274 g/mol. The van der Waals surface area contributed by atoms with Crippen LogP contribution in [0.2, 0.25) is 0 Å². The minimum absolute atomic E-state index is 0.171. The molecule has 0 aromatic heterocycles. The van der Waals surface area contributed by atoms with Crippen LogP contribution in [-0.4, -0.2) is 45.3 Å². The summed E-state index contributed by atoms with van der Waals surface area (Å²) < 4.78 is 32.3. The molecule has 5 heteroatoms. The molecule has 1 N–H and O–H groups in total. The van der Waals surface area contributed by atoms with E-state index in [-0.39, 0.29) is 6.04 Å². The second-order valence-electron chi connectivity index (χ2n) is 5.19. The van der Waals surface area contributed by atoms with Gasteiger partial charge in [0.15, 0.2) is 11.6 Å². The van der Waals surface area contributed by atoms with Crippen molar-refractivity contribution in [3.63, 3.8) is 0 Å². The lowest BCUT2D eigenvalue weighted by molar-refractivity contribution is 0.178. The minimum atomic E-state index is -0.788. The van der Waals surface area contributed by atoms with Crippen LogP contribution in [0.15, 0.2) is 18.2 Å². The Kier molecular flexibility index (Phi) is 8.42. The Balaban J connectivity index is 2.59. The maximum atomic E-state index is 13.9. The fourth-order valence-corrected chi connectivity index (χ4v) is 2.34. The molecule has 120 valence electrons. The number of benzene rings is 1. The maximum absolute atomic E-state index is 13.9. The van der Waals surface area contributed by atoms with Crippen molar-refractivity contribution in [2.75, 3.05) is 40.4 Å². The van der Waals surface area contributed by atoms with Crippen molar-refractivity contribution in [2.24, 2.45) is 0 Å². The molecule has 21 heavy (non-hydrogen) atoms. The van der Waals surface area contributed by atoms with Crippen molar-refractivity contribution >= 4 is 0 Å². The van der Waals surface area contributed by atoms with Gasteiger partial charge >= 0.3 is 0 Å². The maximum Gasteiger partial charge on any atom is 0.163 e. The first-order valence-electron chi connectivity index (χ1n) is 7.44. The van der Waals surface area contributed by atoms with Gasteiger partial charge in [-0.15, -0.1) is 0 Å². The molecule has 0 saturated heterocycles. The number of hydrogen-bond donors (Lipinski definition) is 1. The van der Waals surface area contributed by atoms with Crippen LogP contribution >= 0.6 is 0 Å². The molecule has 0 amide bonds. The molecule has 0 spiro atoms. The van der Waals surface area contributed by atoms with Gasteiger partial charge in [-0.1, -0.05) is 19.1 Å². The number of ether oxygens (including phenoxy) is 1. The Labute approximate surface area is 126 Å². The summed E-state index contributed by atoms with van der Waals surface area (Å²) >= 11 is 0. The zero-order valence-electron chi connectivity index (χ0n) is 13.2. The molecule has 0 radical (unpaired) electrons. The highest BCUT2D eigenvalue weighted by Gasteiger charge is 2.17. The highest BCUT2D eigenvalue weighted by molar-refractivity contribution is 5.22. The van der Waals surface area contributed by atoms with Crippen LogP contribution in [0.3, 0.4) is 0 Å². The summed E-state index contributed by atoms with van der Waals surface area (Å²) in [6.07, 6.45) is 1.70. The van der Waals surface area contributed by atoms with Crippen molar-refractivity contribution in [2.45, 2.75) is 25.8 Å². The van der Waals surface area contributed by atoms with Gasteiger partial charge in [-0.3, -0.25) is 0 Å². The van der Waals surface area contributed by atoms with Crippen LogP contribution < -0.4 is 5.32 Å². The third-order valence-corrected chi connectivity index (χ3v) is 3.50. The van der Waals surface area contributed by atoms with E-state index in [1.54, 1.807) is 19.2 Å². The molecule has 0 aliphatic rings. The SMILES string of the molecule is CCNC(CCN(C)CCCOC)c1cccc(F)c1F. The molecule has 1 aromatic carbocycles. The number of nitrogens with zero attached hydrogens (tertiary/aromatic N) is 1. The lowest BCUT2D eigenvalue weighted by Gasteiger charge is -2.23. The highest BCUT2D eigenvalue weighted by atomic mass is 19.2. The monoisotopic (exact) mass is 300 g/mol. The summed E-state index contributed by atoms with van der Waals surface area (Å²) in [4.78, 5) is 2.18. The van der Waals surface area contributed by atoms with Crippen molar-refractivity contribution in [1.29, 1.82) is 0 Å². The zero-order valence-corrected chi connectivity index (χ0v) is 13.2. The third kappa shape index (κ3) is 6.08. The first-order chi connectivity index (χ1) is 10.1. The largest absolute Gasteiger partial charge is 0.385 e. The number of methoxy groups -OCH3 is 1. The Hall–Kier alpha value is -1.04. The van der Waals surface area contributed by atoms with Gasteiger partial charge in [-0.25, -0.2) is 8.78 Å². The van der Waals surface area contributed by atoms with E-state index in [1.807, 2.05) is 14.0 Å². The highest BCUT2D eigenvalue weighted by Crippen LogP contribution is 2.22. The summed E-state index contributed by atoms with van der Waals surface area (Å²) in [5.74, 6) is -1.53. The lowest BCUT2D eigenvalue weighted by atomic mass is 10.0. The Morgan fingerprint density at radius 2 is 2.05 bits per heavy atom. The van der Waals surface area contributed by atoms with Gasteiger partial charge in [0.2, 0.25) is 0 Å². The second kappa shape index (κ2) is 9.82. The van der Waals surface area contributed by atoms with Gasteiger partial charge < -0.3 is 15.0 Å². The van der Waals surface area contributed by atoms with E-state index in [0.29, 0.717) is 12.1 Å². The number of rotatable bonds is 10. The van der Waals surface area contributed by atoms with Crippen LogP contribution in [0.1, 0.15) is 31.4 Å². The van der Waals surface area contributed by atoms with Crippen LogP contribution in [0, 0.1) is 11.6 Å². The summed E-state index contributed by atoms with van der Waals surface area (Å²) in [7, 11) is 3.72. The molecular formula is C16H26F2N2O. The van der Waals surface area contributed by atoms with E-state index in [9.17, 15) is 8.78 Å². The molecule has 0 aliphatic heterocycles. The Bertz CT molecular complexity index is 415. The van der Waals surface area contributed by atoms with Crippen molar-refractivity contribution in [3.05, 3.63) is 35.4 Å². The van der Waals surface area contributed by atoms with E-state index >= 15 is 0 Å². The van der Waals surface area contributed by atoms with Gasteiger partial charge in [0.05, 0.1) is 0 Å². The predicted octanol–water partition coefficient (Wildman–Crippen LogP) is 2.97. The zero-order chi connectivity index (χ0) is 15.7. The summed E-state index contributed by atoms with van der Waals surface area (Å²) in [5, 5.41) is 3.23. The van der Waals surface area contributed by atoms with Crippen LogP contribution in [0.4, 0.5) is 8.78 Å². The van der Waals surface area contributed by atoms with Gasteiger partial charge in [0, 0.05) is 31.9 Å². The standard InChI is InChI=1S/C16H26F2N2O/c1-4-19-15(9-11-20(2)10-6-12-21-3)13-7-5-8-14(17)16(13)18/h5,7-8,15,19H,4,6,9-12H2,1-3H3. The summed E-state index contributed by atoms with van der Waals surface area (Å²) in [5.41, 5.74) is 0.405. The second-order valence-corrected chi connectivity index (χ2v) is 5.19. The van der Waals surface area contributed by atoms with Gasteiger partial charge in [-0.05, 0) is 39.0 Å². The molecule has 1 unspecified atom stereocenters. The molecule has 0 heterocycles. The van der Waals surface area contributed by atoms with E-state index in [2.05, 4.69) is 10.2 Å². The molecule has 0 bridgehead atoms. The van der Waals surface area contributed by atoms with Crippen LogP contribution in [0.5, 0.6) is 0 Å². The van der Waals surface area contributed by atoms with Crippen LogP contribution in [-0.2, 0) is 4.74 Å². The van der Waals surface area contributed by atoms with E-state index in [0.717, 1.165) is 38.6 Å². The van der Waals surface area contributed by atoms with Crippen molar-refractivity contribution < 1.29 is 13.5 Å². The van der Waals surface area contributed by atoms with Crippen LogP contribution in [0.25, 0.3) is 0 Å². The van der Waals surface area contributed by atoms with Crippen molar-refractivity contribution in [1.82, 2.24) is 10.2 Å². The number of halogens is 2. The lowest BCUT2D eigenvalue weighted by Crippen LogP contribution is -2.29.